The van der Waals surface area contributed by atoms with Gasteiger partial charge in [0.1, 0.15) is 0 Å². The van der Waals surface area contributed by atoms with Crippen molar-refractivity contribution in [1.29, 1.82) is 0 Å². The molecule has 1 heteroatoms. The minimum Gasteiger partial charge on any atom is -0.389 e. The molecule has 0 aromatic rings. The summed E-state index contributed by atoms with van der Waals surface area (Å²) in [5, 5.41) is 3.00. The lowest BCUT2D eigenvalue weighted by atomic mass is 9.87. The van der Waals surface area contributed by atoms with Crippen LogP contribution in [0.3, 0.4) is 0 Å². The lowest BCUT2D eigenvalue weighted by Gasteiger charge is -2.19. The van der Waals surface area contributed by atoms with Crippen molar-refractivity contribution < 1.29 is 0 Å². The number of allylic oxidation sites excluding steroid dienone is 2. The van der Waals surface area contributed by atoms with Gasteiger partial charge in [-0.05, 0) is 18.4 Å². The Bertz CT molecular complexity index is 170. The van der Waals surface area contributed by atoms with Gasteiger partial charge in [-0.1, -0.05) is 32.9 Å². The first kappa shape index (κ1) is 10.3. The molecule has 0 saturated carbocycles. The van der Waals surface area contributed by atoms with E-state index in [0.29, 0.717) is 0 Å². The minimum absolute atomic E-state index is 0.250. The normalized spacial score (nSPS) is 13.0. The highest BCUT2D eigenvalue weighted by molar-refractivity contribution is 5.21. The maximum atomic E-state index is 3.84. The molecule has 0 aliphatic rings. The van der Waals surface area contributed by atoms with Gasteiger partial charge in [-0.15, -0.1) is 0 Å². The monoisotopic (exact) mass is 153 g/mol. The number of nitrogens with one attached hydrogen (secondary N) is 1. The van der Waals surface area contributed by atoms with Crippen LogP contribution in [0.25, 0.3) is 0 Å². The van der Waals surface area contributed by atoms with E-state index in [4.69, 9.17) is 0 Å². The predicted molar refractivity (Wildman–Crippen MR) is 51.4 cm³/mol. The Morgan fingerprint density at radius 1 is 1.36 bits per heavy atom. The summed E-state index contributed by atoms with van der Waals surface area (Å²) in [6.45, 7) is 12.6. The zero-order chi connectivity index (χ0) is 9.07. The molecular weight excluding hydrogens is 134 g/mol. The van der Waals surface area contributed by atoms with Gasteiger partial charge in [0.2, 0.25) is 0 Å². The molecule has 0 rings (SSSR count). The molecule has 0 radical (unpaired) electrons. The van der Waals surface area contributed by atoms with E-state index in [2.05, 4.69) is 45.7 Å². The number of hydrogen-bond acceptors (Lipinski definition) is 1. The van der Waals surface area contributed by atoms with Crippen LogP contribution < -0.4 is 5.32 Å². The average Bonchev–Trinajstić information content (AvgIpc) is 1.85. The number of hydrogen-bond donors (Lipinski definition) is 1. The molecule has 0 heterocycles. The minimum atomic E-state index is 0.250. The van der Waals surface area contributed by atoms with Crippen LogP contribution in [-0.2, 0) is 0 Å². The van der Waals surface area contributed by atoms with Crippen molar-refractivity contribution in [2.75, 3.05) is 7.05 Å². The molecule has 1 nitrogen and oxygen atoms in total. The molecule has 0 atom stereocenters. The summed E-state index contributed by atoms with van der Waals surface area (Å²) in [7, 11) is 1.88. The third-order valence-electron chi connectivity index (χ3n) is 1.89. The zero-order valence-corrected chi connectivity index (χ0v) is 8.28. The second kappa shape index (κ2) is 3.61. The number of likely N-dealkylation sites (N-methyl/N-ethyl adjacent to an activating group) is 1. The molecule has 64 valence electrons. The van der Waals surface area contributed by atoms with Gasteiger partial charge >= 0.3 is 0 Å². The van der Waals surface area contributed by atoms with E-state index in [-0.39, 0.29) is 5.41 Å². The lowest BCUT2D eigenvalue weighted by Crippen LogP contribution is -2.09. The third-order valence-corrected chi connectivity index (χ3v) is 1.89. The Labute approximate surface area is 70.2 Å². The summed E-state index contributed by atoms with van der Waals surface area (Å²) >= 11 is 0. The maximum Gasteiger partial charge on any atom is 0.0264 e. The molecule has 0 aliphatic carbocycles. The van der Waals surface area contributed by atoms with Gasteiger partial charge in [-0.2, -0.15) is 0 Å². The van der Waals surface area contributed by atoms with E-state index in [0.717, 1.165) is 5.70 Å². The molecule has 11 heavy (non-hydrogen) atoms. The van der Waals surface area contributed by atoms with Crippen LogP contribution >= 0.6 is 0 Å². The second-order valence-electron chi connectivity index (χ2n) is 3.85. The Morgan fingerprint density at radius 3 is 2.09 bits per heavy atom. The van der Waals surface area contributed by atoms with E-state index in [1.165, 1.54) is 5.57 Å². The first-order chi connectivity index (χ1) is 4.88. The number of rotatable bonds is 2. The van der Waals surface area contributed by atoms with Crippen LogP contribution in [0.5, 0.6) is 0 Å². The molecule has 0 aromatic carbocycles. The van der Waals surface area contributed by atoms with Gasteiger partial charge in [0.25, 0.3) is 0 Å². The molecular formula is C10H19N. The molecule has 0 saturated heterocycles. The van der Waals surface area contributed by atoms with E-state index >= 15 is 0 Å². The summed E-state index contributed by atoms with van der Waals surface area (Å²) in [6, 6.07) is 0. The van der Waals surface area contributed by atoms with E-state index in [1.807, 2.05) is 7.05 Å². The van der Waals surface area contributed by atoms with Crippen molar-refractivity contribution in [2.45, 2.75) is 27.7 Å². The van der Waals surface area contributed by atoms with Gasteiger partial charge in [-0.3, -0.25) is 0 Å². The highest BCUT2D eigenvalue weighted by atomic mass is 14.8. The first-order valence-corrected chi connectivity index (χ1v) is 3.93. The van der Waals surface area contributed by atoms with Crippen molar-refractivity contribution >= 4 is 0 Å². The fourth-order valence-electron chi connectivity index (χ4n) is 0.550. The molecule has 0 aliphatic heterocycles. The SMILES string of the molecule is C=C(/C=C(\C)C(C)(C)C)NC. The Hall–Kier alpha value is -0.720. The summed E-state index contributed by atoms with van der Waals surface area (Å²) in [6.07, 6.45) is 2.08. The van der Waals surface area contributed by atoms with Crippen molar-refractivity contribution in [3.8, 4) is 0 Å². The lowest BCUT2D eigenvalue weighted by molar-refractivity contribution is 0.503. The van der Waals surface area contributed by atoms with Gasteiger partial charge in [0.05, 0.1) is 0 Å². The summed E-state index contributed by atoms with van der Waals surface area (Å²) < 4.78 is 0. The van der Waals surface area contributed by atoms with Gasteiger partial charge in [0, 0.05) is 12.7 Å². The van der Waals surface area contributed by atoms with Crippen LogP contribution in [-0.4, -0.2) is 7.05 Å². The van der Waals surface area contributed by atoms with Crippen LogP contribution in [0.4, 0.5) is 0 Å². The molecule has 0 unspecified atom stereocenters. The summed E-state index contributed by atoms with van der Waals surface area (Å²) in [4.78, 5) is 0. The second-order valence-corrected chi connectivity index (χ2v) is 3.85. The molecule has 0 fully saturated rings. The smallest absolute Gasteiger partial charge is 0.0264 e. The third kappa shape index (κ3) is 3.87. The summed E-state index contributed by atoms with van der Waals surface area (Å²) in [5.74, 6) is 0. The molecule has 0 aromatic heterocycles. The molecule has 0 bridgehead atoms. The van der Waals surface area contributed by atoms with Crippen LogP contribution in [0.15, 0.2) is 23.9 Å². The van der Waals surface area contributed by atoms with E-state index < -0.39 is 0 Å². The Kier molecular flexibility index (Phi) is 3.37. The highest BCUT2D eigenvalue weighted by Crippen LogP contribution is 2.24. The van der Waals surface area contributed by atoms with Crippen LogP contribution in [0.2, 0.25) is 0 Å². The quantitative estimate of drug-likeness (QED) is 0.601. The summed E-state index contributed by atoms with van der Waals surface area (Å²) in [5.41, 5.74) is 2.56. The maximum absolute atomic E-state index is 3.84. The van der Waals surface area contributed by atoms with Crippen LogP contribution in [0.1, 0.15) is 27.7 Å². The van der Waals surface area contributed by atoms with Gasteiger partial charge in [-0.25, -0.2) is 0 Å². The highest BCUT2D eigenvalue weighted by Gasteiger charge is 2.11. The molecule has 0 amide bonds. The van der Waals surface area contributed by atoms with E-state index in [9.17, 15) is 0 Å². The Morgan fingerprint density at radius 2 is 1.82 bits per heavy atom. The largest absolute Gasteiger partial charge is 0.389 e. The van der Waals surface area contributed by atoms with Crippen molar-refractivity contribution in [2.24, 2.45) is 5.41 Å². The van der Waals surface area contributed by atoms with Crippen molar-refractivity contribution in [3.05, 3.63) is 23.9 Å². The van der Waals surface area contributed by atoms with Crippen molar-refractivity contribution in [3.63, 3.8) is 0 Å². The van der Waals surface area contributed by atoms with Crippen LogP contribution in [0, 0.1) is 5.41 Å². The van der Waals surface area contributed by atoms with Gasteiger partial charge in [0.15, 0.2) is 0 Å². The van der Waals surface area contributed by atoms with E-state index in [1.54, 1.807) is 0 Å². The topological polar surface area (TPSA) is 12.0 Å². The average molecular weight is 153 g/mol. The fourth-order valence-corrected chi connectivity index (χ4v) is 0.550. The standard InChI is InChI=1S/C10H19N/c1-8(10(3,4)5)7-9(2)11-6/h7,11H,2H2,1,3-6H3/b8-7+. The zero-order valence-electron chi connectivity index (χ0n) is 8.28. The predicted octanol–water partition coefficient (Wildman–Crippen LogP) is 2.71. The Balaban J connectivity index is 4.35. The molecule has 0 spiro atoms. The first-order valence-electron chi connectivity index (χ1n) is 3.93. The van der Waals surface area contributed by atoms with Crippen molar-refractivity contribution in [1.82, 2.24) is 5.32 Å². The van der Waals surface area contributed by atoms with Gasteiger partial charge < -0.3 is 5.32 Å². The molecule has 1 N–H and O–H groups in total. The fraction of sp³-hybridized carbons (Fsp3) is 0.600.